The fraction of sp³-hybridized carbons (Fsp3) is 0.375. The van der Waals surface area contributed by atoms with Crippen LogP contribution >= 0.6 is 0 Å². The number of hydrogen-bond acceptors (Lipinski definition) is 8. The summed E-state index contributed by atoms with van der Waals surface area (Å²) in [4.78, 5) is 31.5. The monoisotopic (exact) mass is 480 g/mol. The molecule has 0 saturated carbocycles. The largest absolute Gasteiger partial charge is 0.496 e. The lowest BCUT2D eigenvalue weighted by Gasteiger charge is -2.28. The molecule has 0 bridgehead atoms. The average Bonchev–Trinajstić information content (AvgIpc) is 3.37. The first-order valence-corrected chi connectivity index (χ1v) is 11.4. The number of ether oxygens (including phenoxy) is 2. The van der Waals surface area contributed by atoms with Crippen molar-refractivity contribution >= 4 is 17.8 Å². The van der Waals surface area contributed by atoms with Gasteiger partial charge in [-0.25, -0.2) is 9.78 Å². The van der Waals surface area contributed by atoms with Gasteiger partial charge in [0.25, 0.3) is 5.91 Å². The molecule has 2 amide bonds. The number of amides is 2. The Balaban J connectivity index is 1.58. The molecule has 0 saturated heterocycles. The van der Waals surface area contributed by atoms with Crippen LogP contribution in [0.5, 0.6) is 5.75 Å². The molecule has 1 unspecified atom stereocenters. The fourth-order valence-corrected chi connectivity index (χ4v) is 3.95. The van der Waals surface area contributed by atoms with Gasteiger partial charge in [-0.3, -0.25) is 4.79 Å². The van der Waals surface area contributed by atoms with Crippen LogP contribution in [0.25, 0.3) is 11.5 Å². The van der Waals surface area contributed by atoms with E-state index in [1.54, 1.807) is 40.7 Å². The van der Waals surface area contributed by atoms with Crippen LogP contribution in [-0.4, -0.2) is 68.6 Å². The number of carbonyl (C=O) groups is 2. The number of anilines is 1. The number of aliphatic hydroxyl groups excluding tert-OH is 1. The van der Waals surface area contributed by atoms with E-state index in [0.717, 1.165) is 11.1 Å². The van der Waals surface area contributed by atoms with E-state index in [0.29, 0.717) is 54.8 Å². The van der Waals surface area contributed by atoms with Crippen LogP contribution in [0.2, 0.25) is 0 Å². The Morgan fingerprint density at radius 1 is 1.26 bits per heavy atom. The number of benzene rings is 1. The molecule has 2 N–H and O–H groups in total. The molecule has 0 aliphatic carbocycles. The molecule has 1 aromatic carbocycles. The predicted octanol–water partition coefficient (Wildman–Crippen LogP) is 2.67. The fourth-order valence-electron chi connectivity index (χ4n) is 3.95. The summed E-state index contributed by atoms with van der Waals surface area (Å²) in [7, 11) is 1.51. The van der Waals surface area contributed by atoms with Crippen LogP contribution < -0.4 is 10.1 Å². The van der Waals surface area contributed by atoms with Crippen LogP contribution in [0.4, 0.5) is 10.6 Å². The minimum atomic E-state index is -0.396. The Morgan fingerprint density at radius 3 is 2.83 bits per heavy atom. The van der Waals surface area contributed by atoms with E-state index in [1.807, 2.05) is 13.0 Å². The molecule has 3 aromatic rings. The molecule has 184 valence electrons. The number of hydrogen-bond donors (Lipinski definition) is 2. The smallest absolute Gasteiger partial charge is 0.410 e. The summed E-state index contributed by atoms with van der Waals surface area (Å²) in [5.41, 5.74) is 2.73. The average molecular weight is 481 g/mol. The zero-order chi connectivity index (χ0) is 24.9. The second-order valence-electron chi connectivity index (χ2n) is 8.15. The minimum absolute atomic E-state index is 0.0762. The maximum Gasteiger partial charge on any atom is 0.410 e. The molecule has 11 nitrogen and oxygen atoms in total. The van der Waals surface area contributed by atoms with Gasteiger partial charge in [-0.2, -0.15) is 0 Å². The molecular formula is C24H28N6O5. The van der Waals surface area contributed by atoms with Crippen molar-refractivity contribution in [2.75, 3.05) is 32.2 Å². The Kier molecular flexibility index (Phi) is 7.25. The second-order valence-corrected chi connectivity index (χ2v) is 8.15. The first kappa shape index (κ1) is 24.1. The lowest BCUT2D eigenvalue weighted by Crippen LogP contribution is -2.36. The number of fused-ring (bicyclic) bond motifs is 1. The number of nitrogens with zero attached hydrogens (tertiary/aromatic N) is 5. The molecular weight excluding hydrogens is 452 g/mol. The number of carbonyl (C=O) groups excluding carboxylic acids is 2. The van der Waals surface area contributed by atoms with Crippen LogP contribution in [0.15, 0.2) is 36.7 Å². The van der Waals surface area contributed by atoms with Crippen LogP contribution in [-0.2, 0) is 17.7 Å². The highest BCUT2D eigenvalue weighted by atomic mass is 16.6. The first-order valence-electron chi connectivity index (χ1n) is 11.4. The van der Waals surface area contributed by atoms with E-state index in [4.69, 9.17) is 9.47 Å². The summed E-state index contributed by atoms with van der Waals surface area (Å²) in [6.45, 7) is 4.72. The summed E-state index contributed by atoms with van der Waals surface area (Å²) in [6.07, 6.45) is 1.80. The normalized spacial score (nSPS) is 13.7. The zero-order valence-electron chi connectivity index (χ0n) is 19.9. The highest BCUT2D eigenvalue weighted by Crippen LogP contribution is 2.29. The van der Waals surface area contributed by atoms with Crippen molar-refractivity contribution in [3.8, 4) is 17.3 Å². The number of rotatable bonds is 7. The molecule has 1 atom stereocenters. The second kappa shape index (κ2) is 10.5. The van der Waals surface area contributed by atoms with Gasteiger partial charge >= 0.3 is 6.09 Å². The molecule has 1 aliphatic heterocycles. The summed E-state index contributed by atoms with van der Waals surface area (Å²) >= 11 is 0. The van der Waals surface area contributed by atoms with Gasteiger partial charge in [-0.1, -0.05) is 6.07 Å². The molecule has 0 spiro atoms. The Bertz CT molecular complexity index is 1230. The number of methoxy groups -OCH3 is 1. The maximum atomic E-state index is 13.2. The van der Waals surface area contributed by atoms with Gasteiger partial charge in [0.05, 0.1) is 31.9 Å². The zero-order valence-corrected chi connectivity index (χ0v) is 19.9. The Morgan fingerprint density at radius 2 is 2.09 bits per heavy atom. The molecule has 1 aliphatic rings. The Labute approximate surface area is 202 Å². The minimum Gasteiger partial charge on any atom is -0.496 e. The van der Waals surface area contributed by atoms with E-state index >= 15 is 0 Å². The third kappa shape index (κ3) is 5.09. The topological polar surface area (TPSA) is 132 Å². The maximum absolute atomic E-state index is 13.2. The molecule has 2 aromatic heterocycles. The van der Waals surface area contributed by atoms with Crippen molar-refractivity contribution in [3.05, 3.63) is 53.3 Å². The third-order valence-electron chi connectivity index (χ3n) is 5.84. The SMILES string of the molecule is CCOC(=O)N1CCc2cc(OC)c(C(=O)Nc3cccc(-c4nncn4C(C)CO)n3)cc2C1. The van der Waals surface area contributed by atoms with Gasteiger partial charge in [0.15, 0.2) is 5.82 Å². The summed E-state index contributed by atoms with van der Waals surface area (Å²) < 4.78 is 12.3. The van der Waals surface area contributed by atoms with E-state index in [1.165, 1.54) is 13.4 Å². The van der Waals surface area contributed by atoms with E-state index in [9.17, 15) is 14.7 Å². The molecule has 11 heteroatoms. The van der Waals surface area contributed by atoms with Crippen LogP contribution in [0, 0.1) is 0 Å². The van der Waals surface area contributed by atoms with Crippen molar-refractivity contribution < 1.29 is 24.2 Å². The molecule has 0 fully saturated rings. The van der Waals surface area contributed by atoms with Gasteiger partial charge in [0, 0.05) is 13.1 Å². The quantitative estimate of drug-likeness (QED) is 0.528. The molecule has 4 rings (SSSR count). The van der Waals surface area contributed by atoms with Crippen molar-refractivity contribution in [1.29, 1.82) is 0 Å². The standard InChI is InChI=1S/C24H28N6O5/c1-4-35-24(33)29-9-8-16-11-20(34-3)18(10-17(16)12-29)23(32)27-21-7-5-6-19(26-21)22-28-25-14-30(22)15(2)13-31/h5-7,10-11,14-15,31H,4,8-9,12-13H2,1-3H3,(H,26,27,32). The van der Waals surface area contributed by atoms with Crippen molar-refractivity contribution in [2.24, 2.45) is 0 Å². The third-order valence-corrected chi connectivity index (χ3v) is 5.84. The molecule has 3 heterocycles. The summed E-state index contributed by atoms with van der Waals surface area (Å²) in [6, 6.07) is 8.54. The lowest BCUT2D eigenvalue weighted by molar-refractivity contribution is 0.102. The van der Waals surface area contributed by atoms with Gasteiger partial charge in [-0.05, 0) is 55.7 Å². The lowest BCUT2D eigenvalue weighted by atomic mass is 9.96. The highest BCUT2D eigenvalue weighted by molar-refractivity contribution is 6.06. The van der Waals surface area contributed by atoms with E-state index in [-0.39, 0.29) is 18.7 Å². The van der Waals surface area contributed by atoms with Crippen LogP contribution in [0.3, 0.4) is 0 Å². The van der Waals surface area contributed by atoms with Gasteiger partial charge in [0.1, 0.15) is 23.6 Å². The van der Waals surface area contributed by atoms with Gasteiger partial charge in [-0.15, -0.1) is 10.2 Å². The van der Waals surface area contributed by atoms with Gasteiger partial charge < -0.3 is 29.4 Å². The number of aromatic nitrogens is 4. The Hall–Kier alpha value is -3.99. The molecule has 0 radical (unpaired) electrons. The number of aliphatic hydroxyl groups is 1. The number of pyridine rings is 1. The highest BCUT2D eigenvalue weighted by Gasteiger charge is 2.25. The van der Waals surface area contributed by atoms with Crippen molar-refractivity contribution in [3.63, 3.8) is 0 Å². The predicted molar refractivity (Wildman–Crippen MR) is 127 cm³/mol. The van der Waals surface area contributed by atoms with Crippen molar-refractivity contribution in [2.45, 2.75) is 32.9 Å². The first-order chi connectivity index (χ1) is 16.9. The van der Waals surface area contributed by atoms with Crippen molar-refractivity contribution in [1.82, 2.24) is 24.6 Å². The number of nitrogens with one attached hydrogen (secondary N) is 1. The summed E-state index contributed by atoms with van der Waals surface area (Å²) in [5, 5.41) is 20.3. The summed E-state index contributed by atoms with van der Waals surface area (Å²) in [5.74, 6) is 0.853. The van der Waals surface area contributed by atoms with E-state index in [2.05, 4.69) is 20.5 Å². The van der Waals surface area contributed by atoms with Crippen LogP contribution in [0.1, 0.15) is 41.4 Å². The van der Waals surface area contributed by atoms with Gasteiger partial charge in [0.2, 0.25) is 0 Å². The van der Waals surface area contributed by atoms with E-state index < -0.39 is 5.91 Å². The molecule has 35 heavy (non-hydrogen) atoms.